The number of halogens is 2. The quantitative estimate of drug-likeness (QED) is 0.843. The molecule has 132 valence electrons. The van der Waals surface area contributed by atoms with E-state index in [0.717, 1.165) is 45.2 Å². The average molecular weight is 340 g/mol. The van der Waals surface area contributed by atoms with Crippen molar-refractivity contribution in [3.63, 3.8) is 0 Å². The number of amides is 1. The minimum Gasteiger partial charge on any atom is -0.491 e. The van der Waals surface area contributed by atoms with Crippen LogP contribution in [0, 0.1) is 11.6 Å². The van der Waals surface area contributed by atoms with Crippen molar-refractivity contribution in [1.82, 2.24) is 9.80 Å². The Morgan fingerprint density at radius 3 is 2.79 bits per heavy atom. The minimum atomic E-state index is -0.937. The van der Waals surface area contributed by atoms with Crippen molar-refractivity contribution in [1.29, 1.82) is 0 Å². The van der Waals surface area contributed by atoms with Crippen LogP contribution in [0.1, 0.15) is 23.2 Å². The van der Waals surface area contributed by atoms with E-state index >= 15 is 0 Å². The second kappa shape index (κ2) is 7.44. The summed E-state index contributed by atoms with van der Waals surface area (Å²) in [5.41, 5.74) is -0.147. The molecule has 2 aliphatic rings. The van der Waals surface area contributed by atoms with Gasteiger partial charge in [-0.15, -0.1) is 0 Å². The van der Waals surface area contributed by atoms with Gasteiger partial charge in [0.15, 0.2) is 17.4 Å². The fourth-order valence-corrected chi connectivity index (χ4v) is 3.37. The SMILES string of the molecule is COc1c(F)ccc(C(=O)N2CCCN(C3CCOC3)CC2)c1F. The number of hydrogen-bond acceptors (Lipinski definition) is 4. The molecule has 2 heterocycles. The van der Waals surface area contributed by atoms with Gasteiger partial charge in [0, 0.05) is 38.8 Å². The van der Waals surface area contributed by atoms with Crippen molar-refractivity contribution in [2.45, 2.75) is 18.9 Å². The summed E-state index contributed by atoms with van der Waals surface area (Å²) in [4.78, 5) is 16.6. The first-order valence-electron chi connectivity index (χ1n) is 8.25. The predicted molar refractivity (Wildman–Crippen MR) is 84.2 cm³/mol. The van der Waals surface area contributed by atoms with E-state index in [1.165, 1.54) is 13.2 Å². The molecule has 2 saturated heterocycles. The van der Waals surface area contributed by atoms with Gasteiger partial charge >= 0.3 is 0 Å². The highest BCUT2D eigenvalue weighted by Gasteiger charge is 2.28. The van der Waals surface area contributed by atoms with Gasteiger partial charge in [-0.25, -0.2) is 8.78 Å². The normalized spacial score (nSPS) is 22.5. The fourth-order valence-electron chi connectivity index (χ4n) is 3.37. The van der Waals surface area contributed by atoms with Crippen LogP contribution in [0.15, 0.2) is 12.1 Å². The summed E-state index contributed by atoms with van der Waals surface area (Å²) in [6.45, 7) is 4.23. The minimum absolute atomic E-state index is 0.147. The van der Waals surface area contributed by atoms with Gasteiger partial charge < -0.3 is 14.4 Å². The van der Waals surface area contributed by atoms with Crippen molar-refractivity contribution in [3.05, 3.63) is 29.3 Å². The Bertz CT molecular complexity index is 606. The highest BCUT2D eigenvalue weighted by Crippen LogP contribution is 2.25. The topological polar surface area (TPSA) is 42.0 Å². The highest BCUT2D eigenvalue weighted by atomic mass is 19.1. The van der Waals surface area contributed by atoms with Crippen molar-refractivity contribution in [2.75, 3.05) is 46.5 Å². The van der Waals surface area contributed by atoms with Gasteiger partial charge in [-0.3, -0.25) is 9.69 Å². The molecular weight excluding hydrogens is 318 g/mol. The second-order valence-electron chi connectivity index (χ2n) is 6.14. The standard InChI is InChI=1S/C17H22F2N2O3/c1-23-16-14(18)4-3-13(15(16)19)17(22)21-7-2-6-20(8-9-21)12-5-10-24-11-12/h3-4,12H,2,5-11H2,1H3. The van der Waals surface area contributed by atoms with E-state index in [1.807, 2.05) is 0 Å². The number of methoxy groups -OCH3 is 1. The Morgan fingerprint density at radius 1 is 1.25 bits per heavy atom. The molecule has 0 aliphatic carbocycles. The largest absolute Gasteiger partial charge is 0.491 e. The summed E-state index contributed by atoms with van der Waals surface area (Å²) >= 11 is 0. The van der Waals surface area contributed by atoms with Crippen LogP contribution in [-0.4, -0.2) is 68.3 Å². The number of hydrogen-bond donors (Lipinski definition) is 0. The number of carbonyl (C=O) groups excluding carboxylic acids is 1. The van der Waals surface area contributed by atoms with Gasteiger partial charge in [-0.05, 0) is 25.0 Å². The van der Waals surface area contributed by atoms with E-state index in [1.54, 1.807) is 4.90 Å². The Labute approximate surface area is 140 Å². The Morgan fingerprint density at radius 2 is 2.08 bits per heavy atom. The molecule has 0 saturated carbocycles. The van der Waals surface area contributed by atoms with E-state index in [4.69, 9.17) is 9.47 Å². The van der Waals surface area contributed by atoms with Crippen LogP contribution in [0.5, 0.6) is 5.75 Å². The number of benzene rings is 1. The third kappa shape index (κ3) is 3.37. The lowest BCUT2D eigenvalue weighted by Gasteiger charge is -2.26. The summed E-state index contributed by atoms with van der Waals surface area (Å²) < 4.78 is 38.0. The first-order chi connectivity index (χ1) is 11.6. The molecule has 5 nitrogen and oxygen atoms in total. The lowest BCUT2D eigenvalue weighted by atomic mass is 10.1. The maximum atomic E-state index is 14.3. The number of rotatable bonds is 3. The molecule has 0 spiro atoms. The molecule has 1 amide bonds. The fraction of sp³-hybridized carbons (Fsp3) is 0.588. The zero-order valence-electron chi connectivity index (χ0n) is 13.8. The third-order valence-electron chi connectivity index (χ3n) is 4.72. The van der Waals surface area contributed by atoms with Crippen molar-refractivity contribution in [2.24, 2.45) is 0 Å². The van der Waals surface area contributed by atoms with Crippen LogP contribution in [0.4, 0.5) is 8.78 Å². The van der Waals surface area contributed by atoms with Gasteiger partial charge in [-0.1, -0.05) is 0 Å². The zero-order valence-corrected chi connectivity index (χ0v) is 13.8. The maximum absolute atomic E-state index is 14.3. The Hall–Kier alpha value is -1.73. The van der Waals surface area contributed by atoms with Crippen LogP contribution in [0.25, 0.3) is 0 Å². The summed E-state index contributed by atoms with van der Waals surface area (Å²) in [5, 5.41) is 0. The van der Waals surface area contributed by atoms with Gasteiger partial charge in [-0.2, -0.15) is 0 Å². The first-order valence-corrected chi connectivity index (χ1v) is 8.25. The zero-order chi connectivity index (χ0) is 17.1. The van der Waals surface area contributed by atoms with Gasteiger partial charge in [0.25, 0.3) is 5.91 Å². The van der Waals surface area contributed by atoms with E-state index < -0.39 is 23.3 Å². The van der Waals surface area contributed by atoms with Crippen molar-refractivity contribution in [3.8, 4) is 5.75 Å². The van der Waals surface area contributed by atoms with E-state index in [2.05, 4.69) is 4.90 Å². The first kappa shape index (κ1) is 17.1. The molecule has 7 heteroatoms. The van der Waals surface area contributed by atoms with Gasteiger partial charge in [0.05, 0.1) is 19.3 Å². The molecule has 2 aliphatic heterocycles. The van der Waals surface area contributed by atoms with Crippen LogP contribution in [0.3, 0.4) is 0 Å². The average Bonchev–Trinajstić information content (AvgIpc) is 2.99. The van der Waals surface area contributed by atoms with Crippen LogP contribution in [0.2, 0.25) is 0 Å². The number of ether oxygens (including phenoxy) is 2. The van der Waals surface area contributed by atoms with E-state index in [0.29, 0.717) is 19.1 Å². The molecule has 0 N–H and O–H groups in total. The van der Waals surface area contributed by atoms with E-state index in [-0.39, 0.29) is 5.56 Å². The number of nitrogens with zero attached hydrogens (tertiary/aromatic N) is 2. The molecule has 2 fully saturated rings. The predicted octanol–water partition coefficient (Wildman–Crippen LogP) is 1.91. The van der Waals surface area contributed by atoms with Crippen molar-refractivity contribution < 1.29 is 23.0 Å². The molecule has 1 aromatic rings. The van der Waals surface area contributed by atoms with Crippen molar-refractivity contribution >= 4 is 5.91 Å². The summed E-state index contributed by atoms with van der Waals surface area (Å²) in [7, 11) is 1.18. The monoisotopic (exact) mass is 340 g/mol. The smallest absolute Gasteiger partial charge is 0.257 e. The lowest BCUT2D eigenvalue weighted by Crippen LogP contribution is -2.40. The molecule has 0 radical (unpaired) electrons. The Kier molecular flexibility index (Phi) is 5.30. The highest BCUT2D eigenvalue weighted by molar-refractivity contribution is 5.95. The molecule has 1 atom stereocenters. The van der Waals surface area contributed by atoms with Crippen LogP contribution < -0.4 is 4.74 Å². The Balaban J connectivity index is 1.71. The van der Waals surface area contributed by atoms with Crippen LogP contribution in [-0.2, 0) is 4.74 Å². The second-order valence-corrected chi connectivity index (χ2v) is 6.14. The molecule has 3 rings (SSSR count). The summed E-state index contributed by atoms with van der Waals surface area (Å²) in [6.07, 6.45) is 1.83. The summed E-state index contributed by atoms with van der Waals surface area (Å²) in [6, 6.07) is 2.65. The summed E-state index contributed by atoms with van der Waals surface area (Å²) in [5.74, 6) is -2.68. The lowest BCUT2D eigenvalue weighted by molar-refractivity contribution is 0.0751. The molecule has 0 bridgehead atoms. The molecule has 1 aromatic carbocycles. The van der Waals surface area contributed by atoms with Gasteiger partial charge in [0.1, 0.15) is 0 Å². The molecule has 1 unspecified atom stereocenters. The molecular formula is C17H22F2N2O3. The van der Waals surface area contributed by atoms with Gasteiger partial charge in [0.2, 0.25) is 0 Å². The molecule has 0 aromatic heterocycles. The number of carbonyl (C=O) groups is 1. The van der Waals surface area contributed by atoms with E-state index in [9.17, 15) is 13.6 Å². The maximum Gasteiger partial charge on any atom is 0.257 e. The third-order valence-corrected chi connectivity index (χ3v) is 4.72. The van der Waals surface area contributed by atoms with Crippen LogP contribution >= 0.6 is 0 Å². The molecule has 24 heavy (non-hydrogen) atoms.